The summed E-state index contributed by atoms with van der Waals surface area (Å²) < 4.78 is 2.01. The fourth-order valence-electron chi connectivity index (χ4n) is 2.18. The van der Waals surface area contributed by atoms with Crippen LogP contribution in [-0.2, 0) is 6.42 Å². The number of nitrogens with one attached hydrogen (secondary N) is 2. The number of pyridine rings is 1. The lowest BCUT2D eigenvalue weighted by Crippen LogP contribution is -2.30. The van der Waals surface area contributed by atoms with Crippen LogP contribution in [0.5, 0.6) is 0 Å². The van der Waals surface area contributed by atoms with Crippen LogP contribution in [0.25, 0.3) is 5.52 Å². The molecule has 0 spiro atoms. The molecular formula is C16H15ClN4O. The summed E-state index contributed by atoms with van der Waals surface area (Å²) >= 11 is 5.80. The first-order valence-corrected chi connectivity index (χ1v) is 7.31. The summed E-state index contributed by atoms with van der Waals surface area (Å²) in [6, 6.07) is 12.6. The van der Waals surface area contributed by atoms with Gasteiger partial charge in [0.25, 0.3) is 0 Å². The van der Waals surface area contributed by atoms with E-state index in [9.17, 15) is 4.79 Å². The van der Waals surface area contributed by atoms with E-state index in [-0.39, 0.29) is 6.03 Å². The molecule has 0 radical (unpaired) electrons. The third kappa shape index (κ3) is 3.38. The molecule has 5 nitrogen and oxygen atoms in total. The van der Waals surface area contributed by atoms with Gasteiger partial charge in [-0.1, -0.05) is 17.7 Å². The highest BCUT2D eigenvalue weighted by Crippen LogP contribution is 2.13. The van der Waals surface area contributed by atoms with Gasteiger partial charge in [-0.05, 0) is 36.4 Å². The first kappa shape index (κ1) is 14.4. The van der Waals surface area contributed by atoms with Gasteiger partial charge < -0.3 is 15.0 Å². The molecule has 112 valence electrons. The second-order valence-electron chi connectivity index (χ2n) is 4.81. The minimum Gasteiger partial charge on any atom is -0.337 e. The number of nitrogens with zero attached hydrogens (tertiary/aromatic N) is 2. The molecule has 0 aliphatic carbocycles. The standard InChI is InChI=1S/C16H15ClN4O/c17-12-4-6-13(7-5-12)20-16(22)18-9-8-15-19-11-14-3-1-2-10-21(14)15/h1-7,10-11H,8-9H2,(H2,18,20,22). The Bertz CT molecular complexity index is 782. The van der Waals surface area contributed by atoms with Gasteiger partial charge >= 0.3 is 6.03 Å². The van der Waals surface area contributed by atoms with Crippen molar-refractivity contribution in [3.63, 3.8) is 0 Å². The largest absolute Gasteiger partial charge is 0.337 e. The van der Waals surface area contributed by atoms with E-state index < -0.39 is 0 Å². The monoisotopic (exact) mass is 314 g/mol. The lowest BCUT2D eigenvalue weighted by molar-refractivity contribution is 0.252. The van der Waals surface area contributed by atoms with Crippen molar-refractivity contribution in [2.45, 2.75) is 6.42 Å². The fraction of sp³-hybridized carbons (Fsp3) is 0.125. The topological polar surface area (TPSA) is 58.4 Å². The van der Waals surface area contributed by atoms with Gasteiger partial charge in [0.1, 0.15) is 5.82 Å². The number of fused-ring (bicyclic) bond motifs is 1. The quantitative estimate of drug-likeness (QED) is 0.776. The van der Waals surface area contributed by atoms with Gasteiger partial charge in [-0.15, -0.1) is 0 Å². The highest BCUT2D eigenvalue weighted by molar-refractivity contribution is 6.30. The smallest absolute Gasteiger partial charge is 0.319 e. The van der Waals surface area contributed by atoms with E-state index in [1.165, 1.54) is 0 Å². The molecule has 1 aromatic carbocycles. The summed E-state index contributed by atoms with van der Waals surface area (Å²) in [6.07, 6.45) is 4.45. The Kier molecular flexibility index (Phi) is 4.25. The van der Waals surface area contributed by atoms with Gasteiger partial charge in [-0.3, -0.25) is 0 Å². The fourth-order valence-corrected chi connectivity index (χ4v) is 2.31. The predicted molar refractivity (Wildman–Crippen MR) is 87.4 cm³/mol. The number of hydrogen-bond donors (Lipinski definition) is 2. The highest BCUT2D eigenvalue weighted by Gasteiger charge is 2.05. The molecule has 2 amide bonds. The molecular weight excluding hydrogens is 300 g/mol. The first-order valence-electron chi connectivity index (χ1n) is 6.94. The highest BCUT2D eigenvalue weighted by atomic mass is 35.5. The molecule has 2 aromatic heterocycles. The van der Waals surface area contributed by atoms with Gasteiger partial charge in [-0.2, -0.15) is 0 Å². The molecule has 6 heteroatoms. The third-order valence-electron chi connectivity index (χ3n) is 3.25. The number of carbonyl (C=O) groups is 1. The van der Waals surface area contributed by atoms with Gasteiger partial charge in [0.15, 0.2) is 0 Å². The average Bonchev–Trinajstić information content (AvgIpc) is 2.93. The summed E-state index contributed by atoms with van der Waals surface area (Å²) in [6.45, 7) is 0.507. The van der Waals surface area contributed by atoms with Crippen LogP contribution in [0.3, 0.4) is 0 Å². The summed E-state index contributed by atoms with van der Waals surface area (Å²) in [5, 5.41) is 6.20. The molecule has 0 saturated heterocycles. The van der Waals surface area contributed by atoms with Crippen molar-refractivity contribution in [3.05, 3.63) is 65.7 Å². The molecule has 2 heterocycles. The maximum Gasteiger partial charge on any atom is 0.319 e. The molecule has 2 N–H and O–H groups in total. The Labute approximate surface area is 132 Å². The maximum absolute atomic E-state index is 11.8. The summed E-state index contributed by atoms with van der Waals surface area (Å²) in [7, 11) is 0. The lowest BCUT2D eigenvalue weighted by atomic mass is 10.3. The summed E-state index contributed by atoms with van der Waals surface area (Å²) in [5.41, 5.74) is 1.75. The van der Waals surface area contributed by atoms with Gasteiger partial charge in [-0.25, -0.2) is 9.78 Å². The van der Waals surface area contributed by atoms with Crippen molar-refractivity contribution in [1.82, 2.24) is 14.7 Å². The number of aromatic nitrogens is 2. The minimum atomic E-state index is -0.247. The van der Waals surface area contributed by atoms with E-state index in [4.69, 9.17) is 11.6 Å². The molecule has 0 aliphatic rings. The number of imidazole rings is 1. The molecule has 0 bridgehead atoms. The van der Waals surface area contributed by atoms with Crippen LogP contribution in [-0.4, -0.2) is 22.0 Å². The Balaban J connectivity index is 1.52. The third-order valence-corrected chi connectivity index (χ3v) is 3.50. The molecule has 0 aliphatic heterocycles. The van der Waals surface area contributed by atoms with Crippen molar-refractivity contribution in [3.8, 4) is 0 Å². The van der Waals surface area contributed by atoms with E-state index in [1.807, 2.05) is 35.0 Å². The Morgan fingerprint density at radius 3 is 2.82 bits per heavy atom. The molecule has 3 aromatic rings. The van der Waals surface area contributed by atoms with E-state index in [0.29, 0.717) is 23.7 Å². The zero-order chi connectivity index (χ0) is 15.4. The number of anilines is 1. The predicted octanol–water partition coefficient (Wildman–Crippen LogP) is 3.35. The second-order valence-corrected chi connectivity index (χ2v) is 5.24. The van der Waals surface area contributed by atoms with Gasteiger partial charge in [0.2, 0.25) is 0 Å². The Hall–Kier alpha value is -2.53. The lowest BCUT2D eigenvalue weighted by Gasteiger charge is -2.07. The van der Waals surface area contributed by atoms with Crippen LogP contribution in [0, 0.1) is 0 Å². The van der Waals surface area contributed by atoms with Crippen LogP contribution in [0.1, 0.15) is 5.82 Å². The molecule has 0 unspecified atom stereocenters. The number of amides is 2. The van der Waals surface area contributed by atoms with E-state index in [1.54, 1.807) is 24.3 Å². The van der Waals surface area contributed by atoms with Crippen LogP contribution < -0.4 is 10.6 Å². The maximum atomic E-state index is 11.8. The van der Waals surface area contributed by atoms with Crippen molar-refractivity contribution in [2.24, 2.45) is 0 Å². The van der Waals surface area contributed by atoms with E-state index in [2.05, 4.69) is 15.6 Å². The van der Waals surface area contributed by atoms with Gasteiger partial charge in [0, 0.05) is 29.9 Å². The van der Waals surface area contributed by atoms with Crippen molar-refractivity contribution >= 4 is 28.8 Å². The molecule has 22 heavy (non-hydrogen) atoms. The van der Waals surface area contributed by atoms with Crippen molar-refractivity contribution in [2.75, 3.05) is 11.9 Å². The number of benzene rings is 1. The van der Waals surface area contributed by atoms with E-state index >= 15 is 0 Å². The zero-order valence-electron chi connectivity index (χ0n) is 11.8. The number of halogens is 1. The zero-order valence-corrected chi connectivity index (χ0v) is 12.5. The molecule has 3 rings (SSSR count). The van der Waals surface area contributed by atoms with Crippen LogP contribution in [0.15, 0.2) is 54.9 Å². The molecule has 0 saturated carbocycles. The first-order chi connectivity index (χ1) is 10.7. The summed E-state index contributed by atoms with van der Waals surface area (Å²) in [5.74, 6) is 0.919. The normalized spacial score (nSPS) is 10.6. The number of urea groups is 1. The Morgan fingerprint density at radius 1 is 1.18 bits per heavy atom. The average molecular weight is 315 g/mol. The van der Waals surface area contributed by atoms with Crippen molar-refractivity contribution < 1.29 is 4.79 Å². The second kappa shape index (κ2) is 6.49. The number of hydrogen-bond acceptors (Lipinski definition) is 2. The Morgan fingerprint density at radius 2 is 2.00 bits per heavy atom. The summed E-state index contributed by atoms with van der Waals surface area (Å²) in [4.78, 5) is 16.2. The van der Waals surface area contributed by atoms with Crippen LogP contribution >= 0.6 is 11.6 Å². The molecule has 0 atom stereocenters. The number of carbonyl (C=O) groups excluding carboxylic acids is 1. The van der Waals surface area contributed by atoms with Crippen LogP contribution in [0.2, 0.25) is 5.02 Å². The molecule has 0 fully saturated rings. The SMILES string of the molecule is O=C(NCCc1ncc2ccccn12)Nc1ccc(Cl)cc1. The number of rotatable bonds is 4. The van der Waals surface area contributed by atoms with E-state index in [0.717, 1.165) is 11.3 Å². The minimum absolute atomic E-state index is 0.247. The van der Waals surface area contributed by atoms with Gasteiger partial charge in [0.05, 0.1) is 11.7 Å². The van der Waals surface area contributed by atoms with Crippen LogP contribution in [0.4, 0.5) is 10.5 Å². The van der Waals surface area contributed by atoms with Crippen molar-refractivity contribution in [1.29, 1.82) is 0 Å².